The first-order valence-electron chi connectivity index (χ1n) is 7.33. The van der Waals surface area contributed by atoms with Gasteiger partial charge < -0.3 is 5.73 Å². The summed E-state index contributed by atoms with van der Waals surface area (Å²) < 4.78 is 23.3. The molecular weight excluding hydrogens is 270 g/mol. The number of hydrogen-bond donors (Lipinski definition) is 1. The summed E-state index contributed by atoms with van der Waals surface area (Å²) >= 11 is 0. The average molecular weight is 295 g/mol. The highest BCUT2D eigenvalue weighted by Crippen LogP contribution is 2.38. The Kier molecular flexibility index (Phi) is 4.55. The van der Waals surface area contributed by atoms with E-state index in [1.807, 2.05) is 6.07 Å². The van der Waals surface area contributed by atoms with E-state index in [0.29, 0.717) is 22.6 Å². The van der Waals surface area contributed by atoms with Crippen molar-refractivity contribution >= 4 is 9.84 Å². The van der Waals surface area contributed by atoms with Crippen LogP contribution in [-0.2, 0) is 9.84 Å². The molecule has 0 heterocycles. The fourth-order valence-corrected chi connectivity index (χ4v) is 4.20. The third-order valence-corrected chi connectivity index (χ3v) is 5.50. The van der Waals surface area contributed by atoms with Gasteiger partial charge in [-0.15, -0.1) is 0 Å². The summed E-state index contributed by atoms with van der Waals surface area (Å²) in [6.45, 7) is 4.56. The lowest BCUT2D eigenvalue weighted by Crippen LogP contribution is -2.29. The first-order valence-corrected chi connectivity index (χ1v) is 9.22. The van der Waals surface area contributed by atoms with Gasteiger partial charge in [0.2, 0.25) is 0 Å². The van der Waals surface area contributed by atoms with E-state index in [4.69, 9.17) is 5.73 Å². The summed E-state index contributed by atoms with van der Waals surface area (Å²) in [5, 5.41) is 0. The first-order chi connectivity index (χ1) is 9.27. The van der Waals surface area contributed by atoms with Gasteiger partial charge in [0.25, 0.3) is 0 Å². The number of rotatable bonds is 3. The molecule has 0 radical (unpaired) electrons. The van der Waals surface area contributed by atoms with Gasteiger partial charge in [-0.1, -0.05) is 26.0 Å². The summed E-state index contributed by atoms with van der Waals surface area (Å²) in [6, 6.07) is 7.05. The van der Waals surface area contributed by atoms with Gasteiger partial charge in [-0.05, 0) is 54.7 Å². The number of nitrogens with two attached hydrogens (primary N) is 1. The van der Waals surface area contributed by atoms with Gasteiger partial charge in [-0.3, -0.25) is 0 Å². The maximum atomic E-state index is 11.6. The normalized spacial score (nSPS) is 29.1. The number of benzene rings is 1. The van der Waals surface area contributed by atoms with Crippen LogP contribution in [0.15, 0.2) is 29.2 Å². The molecule has 0 saturated heterocycles. The lowest BCUT2D eigenvalue weighted by molar-refractivity contribution is 0.193. The van der Waals surface area contributed by atoms with Crippen molar-refractivity contribution < 1.29 is 8.42 Å². The van der Waals surface area contributed by atoms with Crippen molar-refractivity contribution in [3.63, 3.8) is 0 Å². The number of hydrogen-bond acceptors (Lipinski definition) is 3. The molecule has 3 unspecified atom stereocenters. The van der Waals surface area contributed by atoms with Crippen molar-refractivity contribution in [1.82, 2.24) is 0 Å². The molecule has 3 atom stereocenters. The summed E-state index contributed by atoms with van der Waals surface area (Å²) in [5.41, 5.74) is 7.36. The molecule has 1 saturated carbocycles. The van der Waals surface area contributed by atoms with Gasteiger partial charge in [0, 0.05) is 12.3 Å². The summed E-state index contributed by atoms with van der Waals surface area (Å²) in [5.74, 6) is 1.85. The van der Waals surface area contributed by atoms with Crippen LogP contribution < -0.4 is 5.73 Å². The van der Waals surface area contributed by atoms with Gasteiger partial charge in [0.05, 0.1) is 4.90 Å². The van der Waals surface area contributed by atoms with Crippen LogP contribution in [0.4, 0.5) is 0 Å². The molecule has 0 amide bonds. The lowest BCUT2D eigenvalue weighted by Gasteiger charge is -2.35. The molecule has 3 nitrogen and oxygen atoms in total. The quantitative estimate of drug-likeness (QED) is 0.931. The smallest absolute Gasteiger partial charge is 0.175 e. The molecule has 1 fully saturated rings. The van der Waals surface area contributed by atoms with Crippen molar-refractivity contribution in [3.8, 4) is 0 Å². The lowest BCUT2D eigenvalue weighted by atomic mass is 9.73. The van der Waals surface area contributed by atoms with Crippen molar-refractivity contribution in [2.75, 3.05) is 6.26 Å². The van der Waals surface area contributed by atoms with E-state index in [2.05, 4.69) is 13.8 Å². The van der Waals surface area contributed by atoms with Crippen LogP contribution in [-0.4, -0.2) is 14.7 Å². The molecule has 2 N–H and O–H groups in total. The van der Waals surface area contributed by atoms with Crippen LogP contribution in [0, 0.1) is 17.8 Å². The standard InChI is InChI=1S/C16H25NO2S/c1-11-7-12(2)9-14(8-11)16(17)13-5-4-6-15(10-13)20(3,18)19/h4-6,10-12,14,16H,7-9,17H2,1-3H3. The molecule has 2 rings (SSSR count). The predicted molar refractivity (Wildman–Crippen MR) is 82.1 cm³/mol. The van der Waals surface area contributed by atoms with Gasteiger partial charge in [-0.25, -0.2) is 8.42 Å². The van der Waals surface area contributed by atoms with Gasteiger partial charge in [0.1, 0.15) is 0 Å². The Morgan fingerprint density at radius 3 is 2.30 bits per heavy atom. The van der Waals surface area contributed by atoms with Crippen molar-refractivity contribution in [3.05, 3.63) is 29.8 Å². The molecule has 1 aliphatic rings. The van der Waals surface area contributed by atoms with E-state index in [1.165, 1.54) is 12.7 Å². The van der Waals surface area contributed by atoms with E-state index in [-0.39, 0.29) is 6.04 Å². The van der Waals surface area contributed by atoms with Crippen LogP contribution in [0.25, 0.3) is 0 Å². The Balaban J connectivity index is 2.23. The zero-order chi connectivity index (χ0) is 14.9. The average Bonchev–Trinajstić information content (AvgIpc) is 2.36. The largest absolute Gasteiger partial charge is 0.324 e. The molecule has 0 spiro atoms. The monoisotopic (exact) mass is 295 g/mol. The minimum absolute atomic E-state index is 0.0677. The molecule has 0 aliphatic heterocycles. The Bertz CT molecular complexity index is 558. The van der Waals surface area contributed by atoms with Gasteiger partial charge >= 0.3 is 0 Å². The minimum Gasteiger partial charge on any atom is -0.324 e. The maximum Gasteiger partial charge on any atom is 0.175 e. The molecule has 20 heavy (non-hydrogen) atoms. The highest BCUT2D eigenvalue weighted by atomic mass is 32.2. The van der Waals surface area contributed by atoms with E-state index in [9.17, 15) is 8.42 Å². The van der Waals surface area contributed by atoms with E-state index in [1.54, 1.807) is 18.2 Å². The molecule has 1 aromatic carbocycles. The van der Waals surface area contributed by atoms with E-state index in [0.717, 1.165) is 18.4 Å². The second kappa shape index (κ2) is 5.86. The summed E-state index contributed by atoms with van der Waals surface area (Å²) in [6.07, 6.45) is 4.78. The van der Waals surface area contributed by atoms with Crippen LogP contribution in [0.5, 0.6) is 0 Å². The van der Waals surface area contributed by atoms with Crippen LogP contribution in [0.2, 0.25) is 0 Å². The minimum atomic E-state index is -3.17. The van der Waals surface area contributed by atoms with Crippen molar-refractivity contribution in [2.45, 2.75) is 44.0 Å². The van der Waals surface area contributed by atoms with Crippen LogP contribution in [0.3, 0.4) is 0 Å². The predicted octanol–water partition coefficient (Wildman–Crippen LogP) is 3.16. The van der Waals surface area contributed by atoms with Crippen LogP contribution in [0.1, 0.15) is 44.7 Å². The van der Waals surface area contributed by atoms with E-state index >= 15 is 0 Å². The van der Waals surface area contributed by atoms with Gasteiger partial charge in [0.15, 0.2) is 9.84 Å². The van der Waals surface area contributed by atoms with Gasteiger partial charge in [-0.2, -0.15) is 0 Å². The molecule has 4 heteroatoms. The molecule has 1 aromatic rings. The summed E-state index contributed by atoms with van der Waals surface area (Å²) in [4.78, 5) is 0.363. The highest BCUT2D eigenvalue weighted by molar-refractivity contribution is 7.90. The third-order valence-electron chi connectivity index (χ3n) is 4.39. The SMILES string of the molecule is CC1CC(C)CC(C(N)c2cccc(S(C)(=O)=O)c2)C1. The zero-order valence-electron chi connectivity index (χ0n) is 12.5. The van der Waals surface area contributed by atoms with E-state index < -0.39 is 9.84 Å². The highest BCUT2D eigenvalue weighted by Gasteiger charge is 2.29. The van der Waals surface area contributed by atoms with Crippen molar-refractivity contribution in [1.29, 1.82) is 0 Å². The Hall–Kier alpha value is -0.870. The third kappa shape index (κ3) is 3.61. The second-order valence-corrected chi connectivity index (χ2v) is 8.56. The molecule has 112 valence electrons. The molecule has 0 aromatic heterocycles. The topological polar surface area (TPSA) is 60.2 Å². The molecular formula is C16H25NO2S. The molecule has 0 bridgehead atoms. The Morgan fingerprint density at radius 2 is 1.75 bits per heavy atom. The number of sulfone groups is 1. The Labute approximate surface area is 122 Å². The van der Waals surface area contributed by atoms with Crippen molar-refractivity contribution in [2.24, 2.45) is 23.5 Å². The summed E-state index contributed by atoms with van der Waals surface area (Å²) in [7, 11) is -3.17. The fourth-order valence-electron chi connectivity index (χ4n) is 3.53. The molecule has 1 aliphatic carbocycles. The maximum absolute atomic E-state index is 11.6. The second-order valence-electron chi connectivity index (χ2n) is 6.55. The fraction of sp³-hybridized carbons (Fsp3) is 0.625. The zero-order valence-corrected chi connectivity index (χ0v) is 13.4. The Morgan fingerprint density at radius 1 is 1.15 bits per heavy atom. The first kappa shape index (κ1) is 15.5. The van der Waals surface area contributed by atoms with Crippen LogP contribution >= 0.6 is 0 Å².